The molecule has 0 amide bonds. The zero-order valence-electron chi connectivity index (χ0n) is 4.40. The Hall–Kier alpha value is 0.558. The molecule has 0 atom stereocenters. The van der Waals surface area contributed by atoms with Crippen molar-refractivity contribution in [1.82, 2.24) is 0 Å². The van der Waals surface area contributed by atoms with Crippen LogP contribution < -0.4 is 0 Å². The van der Waals surface area contributed by atoms with Crippen molar-refractivity contribution in [3.63, 3.8) is 0 Å². The maximum absolute atomic E-state index is 3.25. The first-order valence-corrected chi connectivity index (χ1v) is 3.75. The van der Waals surface area contributed by atoms with Gasteiger partial charge in [0.2, 0.25) is 0 Å². The minimum atomic E-state index is 1.23. The second kappa shape index (κ2) is 17.6. The van der Waals surface area contributed by atoms with Crippen LogP contribution in [0.2, 0.25) is 0 Å². The second-order valence-corrected chi connectivity index (χ2v) is 1.77. The maximum atomic E-state index is 3.25. The molecular weight excluding hydrogens is 244 g/mol. The van der Waals surface area contributed by atoms with Crippen LogP contribution in [-0.4, -0.2) is 4.40 Å². The van der Waals surface area contributed by atoms with Crippen LogP contribution in [0.15, 0.2) is 0 Å². The fraction of sp³-hybridized carbons (Fsp3) is 0.600. The summed E-state index contributed by atoms with van der Waals surface area (Å²) in [7, 11) is 0. The van der Waals surface area contributed by atoms with E-state index in [0.29, 0.717) is 0 Å². The summed E-state index contributed by atoms with van der Waals surface area (Å²) < 4.78 is 2.21. The van der Waals surface area contributed by atoms with Crippen molar-refractivity contribution in [2.75, 3.05) is 0 Å². The summed E-state index contributed by atoms with van der Waals surface area (Å²) in [6.07, 6.45) is 1.23. The summed E-state index contributed by atoms with van der Waals surface area (Å²) in [5.74, 6) is 0. The standard InChI is InChI=1S/C3H6.C2H5.W/c1-3-2;1-2;/h1H,3H2,2H3;1H2,2H3;/q;-1;. The monoisotopic (exact) mass is 255 g/mol. The van der Waals surface area contributed by atoms with Gasteiger partial charge < -0.3 is 6.92 Å². The first-order chi connectivity index (χ1) is 2.91. The zero-order valence-corrected chi connectivity index (χ0v) is 7.33. The van der Waals surface area contributed by atoms with Gasteiger partial charge in [0.1, 0.15) is 0 Å². The molecule has 0 saturated carbocycles. The van der Waals surface area contributed by atoms with Crippen molar-refractivity contribution in [2.24, 2.45) is 0 Å². The van der Waals surface area contributed by atoms with E-state index >= 15 is 0 Å². The van der Waals surface area contributed by atoms with Crippen LogP contribution in [-0.2, 0) is 19.4 Å². The number of hydrogen-bond donors (Lipinski definition) is 0. The number of hydrogen-bond acceptors (Lipinski definition) is 0. The van der Waals surface area contributed by atoms with E-state index in [-0.39, 0.29) is 0 Å². The van der Waals surface area contributed by atoms with Gasteiger partial charge in [0.15, 0.2) is 0 Å². The van der Waals surface area contributed by atoms with Gasteiger partial charge in [0.05, 0.1) is 0 Å². The Morgan fingerprint density at radius 3 is 1.83 bits per heavy atom. The van der Waals surface area contributed by atoms with Gasteiger partial charge in [-0.3, -0.25) is 0 Å². The molecule has 0 unspecified atom stereocenters. The molecule has 0 rings (SSSR count). The quantitative estimate of drug-likeness (QED) is 0.624. The van der Waals surface area contributed by atoms with E-state index in [1.54, 1.807) is 26.3 Å². The Bertz CT molecular complexity index is 17.9. The molecule has 1 heteroatoms. The SMILES string of the molecule is CC[CH]=[W].[CH2-]C. The van der Waals surface area contributed by atoms with E-state index in [1.807, 2.05) is 0 Å². The molecule has 38 valence electrons. The van der Waals surface area contributed by atoms with Gasteiger partial charge in [0, 0.05) is 0 Å². The predicted molar refractivity (Wildman–Crippen MR) is 27.4 cm³/mol. The summed E-state index contributed by atoms with van der Waals surface area (Å²) in [5.41, 5.74) is 0. The van der Waals surface area contributed by atoms with Gasteiger partial charge in [-0.2, -0.15) is 6.92 Å². The van der Waals surface area contributed by atoms with Crippen LogP contribution in [0.1, 0.15) is 20.3 Å². The Morgan fingerprint density at radius 2 is 1.83 bits per heavy atom. The predicted octanol–water partition coefficient (Wildman–Crippen LogP) is 1.59. The molecule has 0 aromatic rings. The molecule has 0 N–H and O–H groups in total. The molecule has 0 aliphatic heterocycles. The van der Waals surface area contributed by atoms with Crippen molar-refractivity contribution in [1.29, 1.82) is 0 Å². The molecular formula is C5H11W-. The van der Waals surface area contributed by atoms with Crippen LogP contribution in [0.4, 0.5) is 0 Å². The molecule has 0 aliphatic rings. The average molecular weight is 255 g/mol. The third kappa shape index (κ3) is 23.8. The Morgan fingerprint density at radius 1 is 1.67 bits per heavy atom. The summed E-state index contributed by atoms with van der Waals surface area (Å²) in [6.45, 7) is 7.15. The van der Waals surface area contributed by atoms with Crippen LogP contribution in [0, 0.1) is 6.92 Å². The third-order valence-electron chi connectivity index (χ3n) is 0.167. The van der Waals surface area contributed by atoms with Crippen LogP contribution in [0.3, 0.4) is 0 Å². The van der Waals surface area contributed by atoms with Gasteiger partial charge in [-0.05, 0) is 0 Å². The van der Waals surface area contributed by atoms with Gasteiger partial charge in [-0.1, -0.05) is 0 Å². The van der Waals surface area contributed by atoms with Gasteiger partial charge >= 0.3 is 37.1 Å². The van der Waals surface area contributed by atoms with E-state index in [4.69, 9.17) is 0 Å². The van der Waals surface area contributed by atoms with Gasteiger partial charge in [-0.15, -0.1) is 0 Å². The summed E-state index contributed by atoms with van der Waals surface area (Å²) >= 11 is 1.58. The zero-order chi connectivity index (χ0) is 5.41. The van der Waals surface area contributed by atoms with Crippen molar-refractivity contribution >= 4 is 4.40 Å². The molecule has 0 nitrogen and oxygen atoms in total. The fourth-order valence-corrected chi connectivity index (χ4v) is 0. The largest absolute Gasteiger partial charge is 0.346 e. The topological polar surface area (TPSA) is 0 Å². The van der Waals surface area contributed by atoms with Crippen molar-refractivity contribution in [2.45, 2.75) is 20.3 Å². The minimum absolute atomic E-state index is 1.23. The van der Waals surface area contributed by atoms with E-state index in [0.717, 1.165) is 0 Å². The molecule has 0 aromatic heterocycles. The number of rotatable bonds is 1. The molecule has 0 spiro atoms. The maximum Gasteiger partial charge on any atom is -0.194 e. The van der Waals surface area contributed by atoms with E-state index in [2.05, 4.69) is 18.2 Å². The Kier molecular flexibility index (Phi) is 28.7. The summed E-state index contributed by atoms with van der Waals surface area (Å²) in [6, 6.07) is 0. The third-order valence-corrected chi connectivity index (χ3v) is 1.36. The molecule has 0 saturated heterocycles. The van der Waals surface area contributed by atoms with Crippen LogP contribution >= 0.6 is 0 Å². The molecule has 0 radical (unpaired) electrons. The first-order valence-electron chi connectivity index (χ1n) is 2.06. The molecule has 0 aliphatic carbocycles. The van der Waals surface area contributed by atoms with Crippen molar-refractivity contribution in [3.05, 3.63) is 6.92 Å². The molecule has 0 heterocycles. The fourth-order valence-electron chi connectivity index (χ4n) is 0. The minimum Gasteiger partial charge on any atom is -0.346 e. The van der Waals surface area contributed by atoms with Crippen molar-refractivity contribution < 1.29 is 19.4 Å². The smallest absolute Gasteiger partial charge is 0.194 e. The normalized spacial score (nSPS) is 5.17. The summed E-state index contributed by atoms with van der Waals surface area (Å²) in [5, 5.41) is 0. The second-order valence-electron chi connectivity index (χ2n) is 0.575. The molecule has 0 aromatic carbocycles. The molecule has 6 heavy (non-hydrogen) atoms. The average Bonchev–Trinajstić information content (AvgIpc) is 1.72. The Labute approximate surface area is 51.4 Å². The Balaban J connectivity index is 0. The summed E-state index contributed by atoms with van der Waals surface area (Å²) in [4.78, 5) is 0. The van der Waals surface area contributed by atoms with Crippen LogP contribution in [0.25, 0.3) is 0 Å². The van der Waals surface area contributed by atoms with E-state index < -0.39 is 0 Å². The van der Waals surface area contributed by atoms with Gasteiger partial charge in [0.25, 0.3) is 0 Å². The van der Waals surface area contributed by atoms with Crippen LogP contribution in [0.5, 0.6) is 0 Å². The van der Waals surface area contributed by atoms with Crippen molar-refractivity contribution in [3.8, 4) is 0 Å². The van der Waals surface area contributed by atoms with Gasteiger partial charge in [-0.25, -0.2) is 0 Å². The molecule has 0 fully saturated rings. The molecule has 0 bridgehead atoms. The van der Waals surface area contributed by atoms with E-state index in [9.17, 15) is 0 Å². The van der Waals surface area contributed by atoms with E-state index in [1.165, 1.54) is 6.42 Å². The first kappa shape index (κ1) is 9.75.